The molecule has 0 saturated heterocycles. The van der Waals surface area contributed by atoms with Crippen LogP contribution >= 0.6 is 0 Å². The quantitative estimate of drug-likeness (QED) is 0.753. The van der Waals surface area contributed by atoms with E-state index in [2.05, 4.69) is 10.4 Å². The highest BCUT2D eigenvalue weighted by Crippen LogP contribution is 2.25. The maximum Gasteiger partial charge on any atom is 0.280 e. The molecule has 2 rings (SSSR count). The minimum atomic E-state index is -2.63. The van der Waals surface area contributed by atoms with Crippen LogP contribution in [0.1, 0.15) is 10.4 Å². The Bertz CT molecular complexity index is 438. The lowest BCUT2D eigenvalue weighted by molar-refractivity contribution is 0.100. The van der Waals surface area contributed by atoms with Crippen LogP contribution < -0.4 is 11.1 Å². The van der Waals surface area contributed by atoms with Crippen molar-refractivity contribution < 1.29 is 13.6 Å². The summed E-state index contributed by atoms with van der Waals surface area (Å²) in [4.78, 5) is 10.9. The van der Waals surface area contributed by atoms with E-state index in [-0.39, 0.29) is 23.6 Å². The van der Waals surface area contributed by atoms with Crippen LogP contribution in [0.2, 0.25) is 0 Å². The number of nitrogens with zero attached hydrogens (tertiary/aromatic N) is 2. The van der Waals surface area contributed by atoms with Gasteiger partial charge in [-0.15, -0.1) is 0 Å². The molecule has 1 aromatic rings. The lowest BCUT2D eigenvalue weighted by Gasteiger charge is -2.17. The zero-order chi connectivity index (χ0) is 11.0. The van der Waals surface area contributed by atoms with Crippen molar-refractivity contribution >= 4 is 17.4 Å². The van der Waals surface area contributed by atoms with Crippen molar-refractivity contribution in [3.63, 3.8) is 0 Å². The van der Waals surface area contributed by atoms with Crippen molar-refractivity contribution in [3.8, 4) is 0 Å². The maximum absolute atomic E-state index is 12.5. The van der Waals surface area contributed by atoms with Gasteiger partial charge in [-0.3, -0.25) is 4.79 Å². The van der Waals surface area contributed by atoms with Gasteiger partial charge in [-0.2, -0.15) is 5.10 Å². The van der Waals surface area contributed by atoms with Gasteiger partial charge < -0.3 is 11.1 Å². The van der Waals surface area contributed by atoms with Crippen LogP contribution in [-0.2, 0) is 0 Å². The Morgan fingerprint density at radius 1 is 1.67 bits per heavy atom. The Morgan fingerprint density at radius 3 is 3.00 bits per heavy atom. The number of aromatic nitrogens is 2. The van der Waals surface area contributed by atoms with Gasteiger partial charge >= 0.3 is 0 Å². The number of halogens is 2. The number of hydrogen-bond donors (Lipinski definition) is 2. The van der Waals surface area contributed by atoms with Crippen molar-refractivity contribution in [1.82, 2.24) is 9.78 Å². The third-order valence-electron chi connectivity index (χ3n) is 2.08. The van der Waals surface area contributed by atoms with Crippen molar-refractivity contribution in [2.75, 3.05) is 11.9 Å². The highest BCUT2D eigenvalue weighted by Gasteiger charge is 2.24. The van der Waals surface area contributed by atoms with Crippen molar-refractivity contribution in [2.24, 2.45) is 5.73 Å². The summed E-state index contributed by atoms with van der Waals surface area (Å²) in [5, 5.41) is 6.45. The molecule has 0 fully saturated rings. The summed E-state index contributed by atoms with van der Waals surface area (Å²) in [6.07, 6.45) is -0.145. The first kappa shape index (κ1) is 9.63. The predicted molar refractivity (Wildman–Crippen MR) is 49.5 cm³/mol. The second kappa shape index (κ2) is 3.34. The van der Waals surface area contributed by atoms with E-state index in [0.717, 1.165) is 4.68 Å². The Balaban J connectivity index is 2.50. The van der Waals surface area contributed by atoms with E-state index in [1.54, 1.807) is 0 Å². The number of allylic oxidation sites excluding steroid dienone is 1. The predicted octanol–water partition coefficient (Wildman–Crippen LogP) is 0.513. The molecule has 7 heteroatoms. The van der Waals surface area contributed by atoms with Gasteiger partial charge in [-0.1, -0.05) is 0 Å². The number of amides is 1. The van der Waals surface area contributed by atoms with Gasteiger partial charge in [0.05, 0.1) is 6.20 Å². The van der Waals surface area contributed by atoms with Gasteiger partial charge in [0.25, 0.3) is 12.3 Å². The summed E-state index contributed by atoms with van der Waals surface area (Å²) in [6, 6.07) is 0. The average Bonchev–Trinajstić information content (AvgIpc) is 2.59. The summed E-state index contributed by atoms with van der Waals surface area (Å²) in [5.41, 5.74) is 4.94. The number of rotatable bonds is 2. The summed E-state index contributed by atoms with van der Waals surface area (Å²) < 4.78 is 26.1. The Morgan fingerprint density at radius 2 is 2.40 bits per heavy atom. The van der Waals surface area contributed by atoms with E-state index in [1.807, 2.05) is 0 Å². The van der Waals surface area contributed by atoms with Gasteiger partial charge in [0, 0.05) is 6.54 Å². The Labute approximate surface area is 83.6 Å². The monoisotopic (exact) mass is 214 g/mol. The Hall–Kier alpha value is -1.92. The highest BCUT2D eigenvalue weighted by atomic mass is 19.3. The number of hydrogen-bond acceptors (Lipinski definition) is 3. The van der Waals surface area contributed by atoms with Crippen molar-refractivity contribution in [2.45, 2.75) is 6.43 Å². The first-order chi connectivity index (χ1) is 7.11. The molecule has 2 heterocycles. The lowest BCUT2D eigenvalue weighted by atomic mass is 10.2. The molecule has 3 N–H and O–H groups in total. The summed E-state index contributed by atoms with van der Waals surface area (Å²) in [6.45, 7) is 0.228. The maximum atomic E-state index is 12.5. The molecule has 1 amide bonds. The van der Waals surface area contributed by atoms with Gasteiger partial charge in [0.15, 0.2) is 0 Å². The average molecular weight is 214 g/mol. The Kier molecular flexibility index (Phi) is 2.14. The number of carbonyl (C=O) groups is 1. The standard InChI is InChI=1S/C8H8F2N4O/c9-6(10)5-1-2-12-8-4(7(11)15)3-13-14(5)8/h1,3,6,12H,2H2,(H2,11,15). The lowest BCUT2D eigenvalue weighted by Crippen LogP contribution is -2.21. The van der Waals surface area contributed by atoms with Crippen LogP contribution in [0.3, 0.4) is 0 Å². The molecule has 5 nitrogen and oxygen atoms in total. The molecule has 0 bridgehead atoms. The second-order valence-electron chi connectivity index (χ2n) is 2.99. The smallest absolute Gasteiger partial charge is 0.280 e. The molecule has 15 heavy (non-hydrogen) atoms. The third-order valence-corrected chi connectivity index (χ3v) is 2.08. The van der Waals surface area contributed by atoms with E-state index in [4.69, 9.17) is 5.73 Å². The second-order valence-corrected chi connectivity index (χ2v) is 2.99. The largest absolute Gasteiger partial charge is 0.366 e. The molecular formula is C8H8F2N4O. The number of fused-ring (bicyclic) bond motifs is 1. The zero-order valence-corrected chi connectivity index (χ0v) is 7.58. The molecule has 0 saturated carbocycles. The summed E-state index contributed by atoms with van der Waals surface area (Å²) >= 11 is 0. The van der Waals surface area contributed by atoms with Crippen molar-refractivity contribution in [3.05, 3.63) is 17.8 Å². The summed E-state index contributed by atoms with van der Waals surface area (Å²) in [5.74, 6) is -0.473. The fourth-order valence-corrected chi connectivity index (χ4v) is 1.41. The number of alkyl halides is 2. The van der Waals surface area contributed by atoms with Crippen LogP contribution in [0, 0.1) is 0 Å². The fraction of sp³-hybridized carbons (Fsp3) is 0.250. The molecule has 0 radical (unpaired) electrons. The molecule has 0 aromatic carbocycles. The number of anilines is 1. The van der Waals surface area contributed by atoms with Gasteiger partial charge in [-0.25, -0.2) is 13.5 Å². The molecular weight excluding hydrogens is 206 g/mol. The first-order valence-corrected chi connectivity index (χ1v) is 4.21. The highest BCUT2D eigenvalue weighted by molar-refractivity contribution is 5.98. The molecule has 1 aliphatic heterocycles. The van der Waals surface area contributed by atoms with E-state index < -0.39 is 12.3 Å². The SMILES string of the molecule is NC(=O)c1cnn2c1NCC=C2C(F)F. The van der Waals surface area contributed by atoms with Crippen LogP contribution in [-0.4, -0.2) is 28.7 Å². The number of nitrogens with one attached hydrogen (secondary N) is 1. The normalized spacial score (nSPS) is 14.5. The van der Waals surface area contributed by atoms with Crippen molar-refractivity contribution in [1.29, 1.82) is 0 Å². The molecule has 1 aliphatic rings. The van der Waals surface area contributed by atoms with Crippen LogP contribution in [0.4, 0.5) is 14.6 Å². The number of carbonyl (C=O) groups excluding carboxylic acids is 1. The molecule has 0 aliphatic carbocycles. The topological polar surface area (TPSA) is 72.9 Å². The number of nitrogens with two attached hydrogens (primary N) is 1. The van der Waals surface area contributed by atoms with Crippen LogP contribution in [0.5, 0.6) is 0 Å². The summed E-state index contributed by atoms with van der Waals surface area (Å²) in [7, 11) is 0. The van der Waals surface area contributed by atoms with Gasteiger partial charge in [-0.05, 0) is 6.08 Å². The minimum absolute atomic E-state index is 0.112. The molecule has 80 valence electrons. The van der Waals surface area contributed by atoms with E-state index >= 15 is 0 Å². The third kappa shape index (κ3) is 1.45. The molecule has 1 aromatic heterocycles. The van der Waals surface area contributed by atoms with Crippen LogP contribution in [0.25, 0.3) is 5.70 Å². The molecule has 0 atom stereocenters. The molecule has 0 unspecified atom stereocenters. The van der Waals surface area contributed by atoms with Gasteiger partial charge in [0.2, 0.25) is 0 Å². The van der Waals surface area contributed by atoms with E-state index in [1.165, 1.54) is 12.3 Å². The van der Waals surface area contributed by atoms with Gasteiger partial charge in [0.1, 0.15) is 17.1 Å². The first-order valence-electron chi connectivity index (χ1n) is 4.21. The molecule has 0 spiro atoms. The van der Waals surface area contributed by atoms with E-state index in [9.17, 15) is 13.6 Å². The fourth-order valence-electron chi connectivity index (χ4n) is 1.41. The zero-order valence-electron chi connectivity index (χ0n) is 7.58. The number of primary amides is 1. The minimum Gasteiger partial charge on any atom is -0.366 e. The van der Waals surface area contributed by atoms with E-state index in [0.29, 0.717) is 0 Å². The van der Waals surface area contributed by atoms with Crippen LogP contribution in [0.15, 0.2) is 12.3 Å².